The Morgan fingerprint density at radius 1 is 1.14 bits per heavy atom. The van der Waals surface area contributed by atoms with Crippen LogP contribution in [0.4, 0.5) is 11.4 Å². The van der Waals surface area contributed by atoms with Gasteiger partial charge in [0.1, 0.15) is 11.2 Å². The maximum absolute atomic E-state index is 12.7. The van der Waals surface area contributed by atoms with Gasteiger partial charge in [-0.2, -0.15) is 0 Å². The zero-order chi connectivity index (χ0) is 24.1. The van der Waals surface area contributed by atoms with Gasteiger partial charge in [0, 0.05) is 58.3 Å². The standard InChI is InChI=1S/C27H25ClN4O2S/c1-15-13-29-25-24-19-4-5-21(31-22(19)6-7-23(24)35-26(25)27(34)30-15)18-3-2-17(12-20(18)28)32-10-8-16(14-33)9-11-32/h2-7,12,14-16,29H,8-11,13H2,1H3,(H,30,34)/t15-/m1/s1. The molecule has 8 heteroatoms. The van der Waals surface area contributed by atoms with Crippen molar-refractivity contribution in [2.45, 2.75) is 25.8 Å². The molecular weight excluding hydrogens is 480 g/mol. The summed E-state index contributed by atoms with van der Waals surface area (Å²) in [5.74, 6) is 0.138. The Morgan fingerprint density at radius 3 is 2.74 bits per heavy atom. The van der Waals surface area contributed by atoms with E-state index in [0.29, 0.717) is 11.6 Å². The molecule has 0 spiro atoms. The summed E-state index contributed by atoms with van der Waals surface area (Å²) in [5, 5.41) is 9.23. The minimum Gasteiger partial charge on any atom is -0.381 e. The van der Waals surface area contributed by atoms with Crippen molar-refractivity contribution in [3.05, 3.63) is 52.4 Å². The quantitative estimate of drug-likeness (QED) is 0.348. The number of rotatable bonds is 3. The molecule has 4 heterocycles. The Morgan fingerprint density at radius 2 is 1.97 bits per heavy atom. The number of fused-ring (bicyclic) bond motifs is 5. The first-order valence-electron chi connectivity index (χ1n) is 11.9. The van der Waals surface area contributed by atoms with Gasteiger partial charge in [-0.3, -0.25) is 4.79 Å². The Labute approximate surface area is 212 Å². The molecule has 1 amide bonds. The number of hydrogen-bond acceptors (Lipinski definition) is 6. The van der Waals surface area contributed by atoms with E-state index in [1.165, 1.54) is 11.3 Å². The van der Waals surface area contributed by atoms with Crippen molar-refractivity contribution in [1.29, 1.82) is 0 Å². The third kappa shape index (κ3) is 3.93. The zero-order valence-corrected chi connectivity index (χ0v) is 20.9. The minimum absolute atomic E-state index is 0.0290. The maximum atomic E-state index is 12.7. The first kappa shape index (κ1) is 22.3. The molecule has 1 fully saturated rings. The number of halogens is 1. The molecule has 0 unspecified atom stereocenters. The largest absolute Gasteiger partial charge is 0.381 e. The molecule has 2 aromatic carbocycles. The summed E-state index contributed by atoms with van der Waals surface area (Å²) in [7, 11) is 0. The summed E-state index contributed by atoms with van der Waals surface area (Å²) in [6, 6.07) is 14.3. The lowest BCUT2D eigenvalue weighted by Gasteiger charge is -2.31. The van der Waals surface area contributed by atoms with Gasteiger partial charge in [0.05, 0.1) is 21.9 Å². The third-order valence-electron chi connectivity index (χ3n) is 7.02. The molecule has 2 aliphatic heterocycles. The summed E-state index contributed by atoms with van der Waals surface area (Å²) >= 11 is 8.25. The van der Waals surface area contributed by atoms with E-state index in [0.717, 1.165) is 80.7 Å². The lowest BCUT2D eigenvalue weighted by atomic mass is 9.98. The highest BCUT2D eigenvalue weighted by molar-refractivity contribution is 7.21. The molecule has 2 aromatic heterocycles. The van der Waals surface area contributed by atoms with E-state index >= 15 is 0 Å². The summed E-state index contributed by atoms with van der Waals surface area (Å²) in [4.78, 5) is 31.7. The van der Waals surface area contributed by atoms with Crippen LogP contribution in [0.1, 0.15) is 29.4 Å². The van der Waals surface area contributed by atoms with Crippen LogP contribution >= 0.6 is 22.9 Å². The fourth-order valence-electron chi connectivity index (χ4n) is 5.08. The van der Waals surface area contributed by atoms with Crippen LogP contribution in [0.15, 0.2) is 42.5 Å². The monoisotopic (exact) mass is 504 g/mol. The SMILES string of the molecule is C[C@@H]1CNc2c(sc3ccc4nc(-c5ccc(N6CCC(C=O)CC6)cc5Cl)ccc4c23)C(=O)N1. The first-order valence-corrected chi connectivity index (χ1v) is 13.1. The van der Waals surface area contributed by atoms with Gasteiger partial charge >= 0.3 is 0 Å². The van der Waals surface area contributed by atoms with E-state index in [1.807, 2.05) is 37.3 Å². The van der Waals surface area contributed by atoms with Gasteiger partial charge in [-0.25, -0.2) is 4.98 Å². The molecule has 2 N–H and O–H groups in total. The molecular formula is C27H25ClN4O2S. The van der Waals surface area contributed by atoms with E-state index in [9.17, 15) is 9.59 Å². The van der Waals surface area contributed by atoms with Crippen molar-refractivity contribution in [3.63, 3.8) is 0 Å². The Hall–Kier alpha value is -3.16. The fraction of sp³-hybridized carbons (Fsp3) is 0.296. The highest BCUT2D eigenvalue weighted by Crippen LogP contribution is 2.41. The average Bonchev–Trinajstić information content (AvgIpc) is 3.20. The van der Waals surface area contributed by atoms with Crippen LogP contribution in [0.5, 0.6) is 0 Å². The number of carbonyl (C=O) groups is 2. The molecule has 1 saturated heterocycles. The van der Waals surface area contributed by atoms with E-state index in [4.69, 9.17) is 16.6 Å². The van der Waals surface area contributed by atoms with Gasteiger partial charge in [-0.05, 0) is 62.2 Å². The number of benzene rings is 2. The molecule has 0 bridgehead atoms. The topological polar surface area (TPSA) is 74.3 Å². The van der Waals surface area contributed by atoms with Crippen LogP contribution < -0.4 is 15.5 Å². The van der Waals surface area contributed by atoms with Crippen LogP contribution in [0.3, 0.4) is 0 Å². The second-order valence-electron chi connectivity index (χ2n) is 9.39. The number of hydrogen-bond donors (Lipinski definition) is 2. The normalized spacial score (nSPS) is 18.7. The van der Waals surface area contributed by atoms with Crippen molar-refractivity contribution >= 4 is 67.5 Å². The number of thiophene rings is 1. The van der Waals surface area contributed by atoms with Crippen molar-refractivity contribution < 1.29 is 9.59 Å². The predicted molar refractivity (Wildman–Crippen MR) is 144 cm³/mol. The summed E-state index contributed by atoms with van der Waals surface area (Å²) in [5.41, 5.74) is 4.54. The van der Waals surface area contributed by atoms with Crippen molar-refractivity contribution in [2.75, 3.05) is 29.9 Å². The maximum Gasteiger partial charge on any atom is 0.263 e. The third-order valence-corrected chi connectivity index (χ3v) is 8.48. The number of amides is 1. The molecule has 35 heavy (non-hydrogen) atoms. The van der Waals surface area contributed by atoms with Gasteiger partial charge in [0.15, 0.2) is 0 Å². The summed E-state index contributed by atoms with van der Waals surface area (Å²) in [6.07, 6.45) is 2.84. The summed E-state index contributed by atoms with van der Waals surface area (Å²) in [6.45, 7) is 4.40. The number of pyridine rings is 1. The smallest absolute Gasteiger partial charge is 0.263 e. The van der Waals surface area contributed by atoms with Crippen LogP contribution in [0.2, 0.25) is 5.02 Å². The van der Waals surface area contributed by atoms with Crippen molar-refractivity contribution in [1.82, 2.24) is 10.3 Å². The van der Waals surface area contributed by atoms with Gasteiger partial charge in [0.25, 0.3) is 5.91 Å². The number of piperidine rings is 1. The number of carbonyl (C=O) groups excluding carboxylic acids is 2. The average molecular weight is 505 g/mol. The highest BCUT2D eigenvalue weighted by atomic mass is 35.5. The zero-order valence-electron chi connectivity index (χ0n) is 19.3. The lowest BCUT2D eigenvalue weighted by molar-refractivity contribution is -0.111. The lowest BCUT2D eigenvalue weighted by Crippen LogP contribution is -2.34. The van der Waals surface area contributed by atoms with Crippen LogP contribution in [-0.4, -0.2) is 42.9 Å². The van der Waals surface area contributed by atoms with Crippen molar-refractivity contribution in [2.24, 2.45) is 5.92 Å². The molecule has 2 aliphatic rings. The summed E-state index contributed by atoms with van der Waals surface area (Å²) < 4.78 is 1.06. The second kappa shape index (κ2) is 8.81. The van der Waals surface area contributed by atoms with E-state index in [2.05, 4.69) is 27.7 Å². The van der Waals surface area contributed by atoms with Gasteiger partial charge in [-0.15, -0.1) is 11.3 Å². The Bertz CT molecular complexity index is 1480. The van der Waals surface area contributed by atoms with Crippen LogP contribution in [0.25, 0.3) is 32.2 Å². The number of nitrogens with one attached hydrogen (secondary N) is 2. The number of anilines is 2. The predicted octanol–water partition coefficient (Wildman–Crippen LogP) is 5.73. The first-order chi connectivity index (χ1) is 17.0. The molecule has 0 radical (unpaired) electrons. The van der Waals surface area contributed by atoms with Gasteiger partial charge in [-0.1, -0.05) is 11.6 Å². The molecule has 178 valence electrons. The van der Waals surface area contributed by atoms with E-state index in [1.54, 1.807) is 0 Å². The Kier molecular flexibility index (Phi) is 5.61. The molecule has 6 rings (SSSR count). The number of nitrogens with zero attached hydrogens (tertiary/aromatic N) is 2. The van der Waals surface area contributed by atoms with Crippen LogP contribution in [-0.2, 0) is 4.79 Å². The molecule has 0 saturated carbocycles. The highest BCUT2D eigenvalue weighted by Gasteiger charge is 2.25. The van der Waals surface area contributed by atoms with E-state index < -0.39 is 0 Å². The van der Waals surface area contributed by atoms with Crippen LogP contribution in [0, 0.1) is 5.92 Å². The fourth-order valence-corrected chi connectivity index (χ4v) is 6.45. The molecule has 4 aromatic rings. The number of aromatic nitrogens is 1. The molecule has 0 aliphatic carbocycles. The number of aldehydes is 1. The van der Waals surface area contributed by atoms with Crippen molar-refractivity contribution in [3.8, 4) is 11.3 Å². The Balaban J connectivity index is 1.36. The van der Waals surface area contributed by atoms with Gasteiger partial charge < -0.3 is 20.3 Å². The molecule has 6 nitrogen and oxygen atoms in total. The molecule has 1 atom stereocenters. The minimum atomic E-state index is -0.0290. The second-order valence-corrected chi connectivity index (χ2v) is 10.8. The van der Waals surface area contributed by atoms with E-state index in [-0.39, 0.29) is 17.9 Å². The van der Waals surface area contributed by atoms with Gasteiger partial charge in [0.2, 0.25) is 0 Å².